The van der Waals surface area contributed by atoms with Crippen LogP contribution in [-0.4, -0.2) is 43.3 Å². The molecule has 3 aromatic rings. The molecule has 138 valence electrons. The summed E-state index contributed by atoms with van der Waals surface area (Å²) in [5.41, 5.74) is 1.03. The molecule has 0 spiro atoms. The Hall–Kier alpha value is -1.55. The zero-order chi connectivity index (χ0) is 18.7. The number of rotatable bonds is 7. The fraction of sp³-hybridized carbons (Fsp3) is 0.235. The summed E-state index contributed by atoms with van der Waals surface area (Å²) in [5.74, 6) is 1.17. The molecule has 0 amide bonds. The van der Waals surface area contributed by atoms with Crippen molar-refractivity contribution in [3.8, 4) is 0 Å². The molecule has 0 bridgehead atoms. The molecule has 0 aliphatic carbocycles. The Morgan fingerprint density at radius 2 is 1.85 bits per heavy atom. The summed E-state index contributed by atoms with van der Waals surface area (Å²) in [6.45, 7) is 0. The third-order valence-electron chi connectivity index (χ3n) is 3.52. The Morgan fingerprint density at radius 1 is 1.12 bits per heavy atom. The van der Waals surface area contributed by atoms with E-state index >= 15 is 0 Å². The van der Waals surface area contributed by atoms with Crippen molar-refractivity contribution in [2.24, 2.45) is 0 Å². The maximum atomic E-state index is 13.6. The first-order valence-corrected chi connectivity index (χ1v) is 11.1. The molecule has 1 heterocycles. The number of fused-ring (bicyclic) bond motifs is 1. The van der Waals surface area contributed by atoms with Crippen LogP contribution in [0.1, 0.15) is 0 Å². The number of thioether (sulfide) groups is 2. The Kier molecular flexibility index (Phi) is 5.91. The maximum absolute atomic E-state index is 13.6. The van der Waals surface area contributed by atoms with Crippen LogP contribution in [0.15, 0.2) is 61.9 Å². The summed E-state index contributed by atoms with van der Waals surface area (Å²) in [6, 6.07) is 11.3. The second kappa shape index (κ2) is 7.99. The lowest BCUT2D eigenvalue weighted by Gasteiger charge is -2.10. The van der Waals surface area contributed by atoms with E-state index in [0.717, 1.165) is 4.31 Å². The van der Waals surface area contributed by atoms with Crippen LogP contribution in [0.5, 0.6) is 0 Å². The third kappa shape index (κ3) is 4.22. The molecule has 0 N–H and O–H groups in total. The average molecular weight is 413 g/mol. The summed E-state index contributed by atoms with van der Waals surface area (Å²) < 4.78 is 44.7. The fourth-order valence-electron chi connectivity index (χ4n) is 2.16. The molecule has 0 fully saturated rings. The molecule has 26 heavy (non-hydrogen) atoms. The van der Waals surface area contributed by atoms with Gasteiger partial charge >= 0.3 is 0 Å². The van der Waals surface area contributed by atoms with Crippen LogP contribution in [-0.2, 0) is 10.0 Å². The van der Waals surface area contributed by atoms with Crippen molar-refractivity contribution < 1.29 is 17.2 Å². The van der Waals surface area contributed by atoms with Crippen LogP contribution in [0.3, 0.4) is 0 Å². The molecule has 9 heteroatoms. The second-order valence-electron chi connectivity index (χ2n) is 5.52. The van der Waals surface area contributed by atoms with E-state index in [2.05, 4.69) is 4.98 Å². The van der Waals surface area contributed by atoms with Gasteiger partial charge in [-0.2, -0.15) is 0 Å². The Balaban J connectivity index is 1.65. The van der Waals surface area contributed by atoms with Crippen LogP contribution < -0.4 is 0 Å². The average Bonchev–Trinajstić information content (AvgIpc) is 3.02. The number of hydrogen-bond acceptors (Lipinski definition) is 6. The summed E-state index contributed by atoms with van der Waals surface area (Å²) >= 11 is 2.84. The minimum atomic E-state index is -3.51. The quantitative estimate of drug-likeness (QED) is 0.430. The second-order valence-corrected chi connectivity index (χ2v) is 9.86. The van der Waals surface area contributed by atoms with Gasteiger partial charge in [0.05, 0.1) is 4.90 Å². The molecule has 0 saturated carbocycles. The first-order valence-electron chi connectivity index (χ1n) is 7.71. The lowest BCUT2D eigenvalue weighted by Crippen LogP contribution is -2.22. The van der Waals surface area contributed by atoms with Crippen molar-refractivity contribution in [1.82, 2.24) is 9.29 Å². The number of sulfonamides is 1. The lowest BCUT2D eigenvalue weighted by molar-refractivity contribution is 0.489. The highest BCUT2D eigenvalue weighted by Gasteiger charge is 2.19. The number of hydrogen-bond donors (Lipinski definition) is 0. The van der Waals surface area contributed by atoms with E-state index in [1.807, 2.05) is 0 Å². The van der Waals surface area contributed by atoms with Gasteiger partial charge in [0.2, 0.25) is 10.0 Å². The molecule has 0 aliphatic heterocycles. The number of oxazole rings is 1. The molecule has 3 rings (SSSR count). The van der Waals surface area contributed by atoms with Crippen molar-refractivity contribution >= 4 is 44.6 Å². The van der Waals surface area contributed by atoms with Crippen LogP contribution >= 0.6 is 23.5 Å². The van der Waals surface area contributed by atoms with Gasteiger partial charge in [0.1, 0.15) is 11.3 Å². The van der Waals surface area contributed by atoms with E-state index in [1.54, 1.807) is 24.3 Å². The van der Waals surface area contributed by atoms with Gasteiger partial charge in [0, 0.05) is 30.5 Å². The van der Waals surface area contributed by atoms with Gasteiger partial charge < -0.3 is 4.42 Å². The summed E-state index contributed by atoms with van der Waals surface area (Å²) in [6.07, 6.45) is 0. The SMILES string of the molecule is CN(C)S(=O)(=O)c1ccc2oc(SCCSc3ccccc3F)nc2c1. The van der Waals surface area contributed by atoms with E-state index in [9.17, 15) is 12.8 Å². The van der Waals surface area contributed by atoms with Gasteiger partial charge in [-0.15, -0.1) is 11.8 Å². The van der Waals surface area contributed by atoms with Crippen LogP contribution in [0.4, 0.5) is 4.39 Å². The molecule has 0 aliphatic rings. The topological polar surface area (TPSA) is 63.4 Å². The Bertz CT molecular complexity index is 1020. The maximum Gasteiger partial charge on any atom is 0.256 e. The van der Waals surface area contributed by atoms with Gasteiger partial charge in [0.25, 0.3) is 5.22 Å². The predicted molar refractivity (Wildman–Crippen MR) is 103 cm³/mol. The van der Waals surface area contributed by atoms with Gasteiger partial charge in [-0.3, -0.25) is 0 Å². The smallest absolute Gasteiger partial charge is 0.256 e. The van der Waals surface area contributed by atoms with E-state index in [1.165, 1.54) is 55.8 Å². The van der Waals surface area contributed by atoms with Gasteiger partial charge in [0.15, 0.2) is 5.58 Å². The summed E-state index contributed by atoms with van der Waals surface area (Å²) in [4.78, 5) is 5.13. The van der Waals surface area contributed by atoms with Crippen molar-refractivity contribution in [1.29, 1.82) is 0 Å². The molecule has 0 saturated heterocycles. The van der Waals surface area contributed by atoms with Crippen LogP contribution in [0.25, 0.3) is 11.1 Å². The molecular formula is C17H17FN2O3S3. The van der Waals surface area contributed by atoms with Crippen molar-refractivity contribution in [2.75, 3.05) is 25.6 Å². The molecule has 2 aromatic carbocycles. The highest BCUT2D eigenvalue weighted by Crippen LogP contribution is 2.28. The van der Waals surface area contributed by atoms with Crippen molar-refractivity contribution in [3.05, 3.63) is 48.3 Å². The van der Waals surface area contributed by atoms with Crippen LogP contribution in [0.2, 0.25) is 0 Å². The van der Waals surface area contributed by atoms with Crippen molar-refractivity contribution in [3.63, 3.8) is 0 Å². The zero-order valence-electron chi connectivity index (χ0n) is 14.2. The Labute approximate surface area is 160 Å². The van der Waals surface area contributed by atoms with E-state index in [4.69, 9.17) is 4.42 Å². The normalized spacial score (nSPS) is 12.2. The minimum Gasteiger partial charge on any atom is -0.431 e. The van der Waals surface area contributed by atoms with E-state index in [-0.39, 0.29) is 10.7 Å². The molecule has 0 atom stereocenters. The summed E-state index contributed by atoms with van der Waals surface area (Å²) in [7, 11) is -0.543. The van der Waals surface area contributed by atoms with Crippen molar-refractivity contribution in [2.45, 2.75) is 15.0 Å². The largest absolute Gasteiger partial charge is 0.431 e. The Morgan fingerprint density at radius 3 is 2.58 bits per heavy atom. The predicted octanol–water partition coefficient (Wildman–Crippen LogP) is 4.10. The zero-order valence-corrected chi connectivity index (χ0v) is 16.6. The standard InChI is InChI=1S/C17H17FN2O3S3/c1-20(2)26(21,22)12-7-8-15-14(11-12)19-17(23-15)25-10-9-24-16-6-4-3-5-13(16)18/h3-8,11H,9-10H2,1-2H3. The number of nitrogens with zero attached hydrogens (tertiary/aromatic N) is 2. The monoisotopic (exact) mass is 412 g/mol. The van der Waals surface area contributed by atoms with E-state index < -0.39 is 10.0 Å². The highest BCUT2D eigenvalue weighted by molar-refractivity contribution is 8.02. The molecule has 0 radical (unpaired) electrons. The highest BCUT2D eigenvalue weighted by atomic mass is 32.2. The fourth-order valence-corrected chi connectivity index (χ4v) is 4.84. The first kappa shape index (κ1) is 19.2. The van der Waals surface area contributed by atoms with E-state index in [0.29, 0.717) is 32.7 Å². The lowest BCUT2D eigenvalue weighted by atomic mass is 10.3. The number of benzene rings is 2. The number of aromatic nitrogens is 1. The molecular weight excluding hydrogens is 395 g/mol. The number of halogens is 1. The minimum absolute atomic E-state index is 0.176. The van der Waals surface area contributed by atoms with Gasteiger partial charge in [-0.25, -0.2) is 22.1 Å². The molecule has 0 unspecified atom stereocenters. The molecule has 5 nitrogen and oxygen atoms in total. The third-order valence-corrected chi connectivity index (χ3v) is 7.47. The first-order chi connectivity index (χ1) is 12.4. The van der Waals surface area contributed by atoms with Gasteiger partial charge in [-0.1, -0.05) is 23.9 Å². The molecule has 1 aromatic heterocycles. The van der Waals surface area contributed by atoms with Gasteiger partial charge in [-0.05, 0) is 30.3 Å². The van der Waals surface area contributed by atoms with Crippen LogP contribution in [0, 0.1) is 5.82 Å². The summed E-state index contributed by atoms with van der Waals surface area (Å²) in [5, 5.41) is 0.466.